The SMILES string of the molecule is Cc1cc(S(N)(=O)=O)ccc1OC1CCOCC1. The molecule has 2 rings (SSSR count). The maximum absolute atomic E-state index is 11.2. The lowest BCUT2D eigenvalue weighted by atomic mass is 10.1. The standard InChI is InChI=1S/C12H17NO4S/c1-9-8-11(18(13,14)15)2-3-12(9)17-10-4-6-16-7-5-10/h2-3,8,10H,4-7H2,1H3,(H2,13,14,15). The molecule has 0 radical (unpaired) electrons. The molecule has 1 fully saturated rings. The van der Waals surface area contributed by atoms with Crippen LogP contribution in [0.2, 0.25) is 0 Å². The van der Waals surface area contributed by atoms with Gasteiger partial charge in [0, 0.05) is 12.8 Å². The van der Waals surface area contributed by atoms with Crippen LogP contribution < -0.4 is 9.88 Å². The van der Waals surface area contributed by atoms with E-state index < -0.39 is 10.0 Å². The van der Waals surface area contributed by atoms with E-state index in [2.05, 4.69) is 0 Å². The van der Waals surface area contributed by atoms with Crippen LogP contribution in [-0.4, -0.2) is 27.7 Å². The van der Waals surface area contributed by atoms with E-state index in [0.29, 0.717) is 19.0 Å². The first-order valence-corrected chi connectivity index (χ1v) is 7.39. The van der Waals surface area contributed by atoms with Gasteiger partial charge in [-0.25, -0.2) is 13.6 Å². The molecule has 0 aromatic heterocycles. The van der Waals surface area contributed by atoms with Gasteiger partial charge in [-0.2, -0.15) is 0 Å². The van der Waals surface area contributed by atoms with Crippen molar-refractivity contribution in [2.45, 2.75) is 30.8 Å². The zero-order chi connectivity index (χ0) is 13.2. The highest BCUT2D eigenvalue weighted by Crippen LogP contribution is 2.24. The van der Waals surface area contributed by atoms with Crippen LogP contribution >= 0.6 is 0 Å². The molecule has 100 valence electrons. The van der Waals surface area contributed by atoms with Crippen molar-refractivity contribution in [1.82, 2.24) is 0 Å². The number of rotatable bonds is 3. The first kappa shape index (κ1) is 13.3. The quantitative estimate of drug-likeness (QED) is 0.896. The van der Waals surface area contributed by atoms with Crippen LogP contribution in [0.15, 0.2) is 23.1 Å². The van der Waals surface area contributed by atoms with Crippen LogP contribution in [-0.2, 0) is 14.8 Å². The second-order valence-corrected chi connectivity index (χ2v) is 5.96. The van der Waals surface area contributed by atoms with E-state index >= 15 is 0 Å². The zero-order valence-electron chi connectivity index (χ0n) is 10.3. The Morgan fingerprint density at radius 2 is 2.00 bits per heavy atom. The molecule has 0 aliphatic carbocycles. The fourth-order valence-electron chi connectivity index (χ4n) is 1.90. The summed E-state index contributed by atoms with van der Waals surface area (Å²) in [6, 6.07) is 4.66. The molecule has 1 heterocycles. The van der Waals surface area contributed by atoms with Gasteiger partial charge in [-0.3, -0.25) is 0 Å². The maximum Gasteiger partial charge on any atom is 0.238 e. The van der Waals surface area contributed by atoms with Gasteiger partial charge in [0.15, 0.2) is 0 Å². The van der Waals surface area contributed by atoms with Gasteiger partial charge in [-0.15, -0.1) is 0 Å². The van der Waals surface area contributed by atoms with Gasteiger partial charge in [0.25, 0.3) is 0 Å². The van der Waals surface area contributed by atoms with Crippen LogP contribution in [0.25, 0.3) is 0 Å². The summed E-state index contributed by atoms with van der Waals surface area (Å²) < 4.78 is 33.5. The number of nitrogens with two attached hydrogens (primary N) is 1. The van der Waals surface area contributed by atoms with Crippen molar-refractivity contribution in [2.75, 3.05) is 13.2 Å². The molecule has 5 nitrogen and oxygen atoms in total. The molecule has 0 amide bonds. The van der Waals surface area contributed by atoms with Crippen molar-refractivity contribution >= 4 is 10.0 Å². The van der Waals surface area contributed by atoms with Gasteiger partial charge in [-0.05, 0) is 30.7 Å². The minimum absolute atomic E-state index is 0.110. The molecule has 1 aliphatic heterocycles. The van der Waals surface area contributed by atoms with Gasteiger partial charge in [0.05, 0.1) is 18.1 Å². The lowest BCUT2D eigenvalue weighted by molar-refractivity contribution is 0.0253. The number of ether oxygens (including phenoxy) is 2. The summed E-state index contributed by atoms with van der Waals surface area (Å²) >= 11 is 0. The van der Waals surface area contributed by atoms with Crippen LogP contribution in [0.1, 0.15) is 18.4 Å². The lowest BCUT2D eigenvalue weighted by Crippen LogP contribution is -2.26. The largest absolute Gasteiger partial charge is 0.490 e. The number of sulfonamides is 1. The minimum Gasteiger partial charge on any atom is -0.490 e. The molecule has 1 aromatic carbocycles. The Morgan fingerprint density at radius 1 is 1.33 bits per heavy atom. The van der Waals surface area contributed by atoms with Gasteiger partial charge >= 0.3 is 0 Å². The summed E-state index contributed by atoms with van der Waals surface area (Å²) in [6.45, 7) is 3.22. The molecule has 0 saturated carbocycles. The van der Waals surface area contributed by atoms with Crippen LogP contribution in [0.5, 0.6) is 5.75 Å². The van der Waals surface area contributed by atoms with Crippen molar-refractivity contribution in [1.29, 1.82) is 0 Å². The summed E-state index contributed by atoms with van der Waals surface area (Å²) in [4.78, 5) is 0.110. The molecule has 0 atom stereocenters. The highest BCUT2D eigenvalue weighted by Gasteiger charge is 2.17. The maximum atomic E-state index is 11.2. The predicted octanol–water partition coefficient (Wildman–Crippen LogP) is 1.20. The smallest absolute Gasteiger partial charge is 0.238 e. The average Bonchev–Trinajstić information content (AvgIpc) is 2.32. The topological polar surface area (TPSA) is 78.6 Å². The summed E-state index contributed by atoms with van der Waals surface area (Å²) in [5.74, 6) is 0.703. The van der Waals surface area contributed by atoms with E-state index in [1.54, 1.807) is 6.07 Å². The van der Waals surface area contributed by atoms with Crippen LogP contribution in [0, 0.1) is 6.92 Å². The van der Waals surface area contributed by atoms with Crippen molar-refractivity contribution in [2.24, 2.45) is 5.14 Å². The molecule has 0 bridgehead atoms. The third-order valence-corrected chi connectivity index (χ3v) is 3.85. The normalized spacial score (nSPS) is 17.7. The Balaban J connectivity index is 2.14. The first-order valence-electron chi connectivity index (χ1n) is 5.84. The number of benzene rings is 1. The van der Waals surface area contributed by atoms with Gasteiger partial charge < -0.3 is 9.47 Å². The fraction of sp³-hybridized carbons (Fsp3) is 0.500. The summed E-state index contributed by atoms with van der Waals surface area (Å²) in [5.41, 5.74) is 0.771. The molecule has 1 aromatic rings. The number of aryl methyl sites for hydroxylation is 1. The van der Waals surface area contributed by atoms with Gasteiger partial charge in [-0.1, -0.05) is 0 Å². The molecule has 2 N–H and O–H groups in total. The van der Waals surface area contributed by atoms with Gasteiger partial charge in [0.2, 0.25) is 10.0 Å². The molecular weight excluding hydrogens is 254 g/mol. The van der Waals surface area contributed by atoms with E-state index in [-0.39, 0.29) is 11.0 Å². The van der Waals surface area contributed by atoms with Crippen molar-refractivity contribution < 1.29 is 17.9 Å². The third kappa shape index (κ3) is 3.22. The van der Waals surface area contributed by atoms with Crippen molar-refractivity contribution in [3.05, 3.63) is 23.8 Å². The highest BCUT2D eigenvalue weighted by atomic mass is 32.2. The molecule has 6 heteroatoms. The summed E-state index contributed by atoms with van der Waals surface area (Å²) in [6.07, 6.45) is 1.85. The van der Waals surface area contributed by atoms with E-state index in [4.69, 9.17) is 14.6 Å². The van der Waals surface area contributed by atoms with E-state index in [0.717, 1.165) is 18.4 Å². The average molecular weight is 271 g/mol. The number of hydrogen-bond acceptors (Lipinski definition) is 4. The number of hydrogen-bond donors (Lipinski definition) is 1. The lowest BCUT2D eigenvalue weighted by Gasteiger charge is -2.24. The van der Waals surface area contributed by atoms with Crippen LogP contribution in [0.3, 0.4) is 0 Å². The monoisotopic (exact) mass is 271 g/mol. The zero-order valence-corrected chi connectivity index (χ0v) is 11.1. The Morgan fingerprint density at radius 3 is 2.56 bits per heavy atom. The Hall–Kier alpha value is -1.11. The molecular formula is C12H17NO4S. The number of primary sulfonamides is 1. The Labute approximate surface area is 107 Å². The molecule has 1 saturated heterocycles. The minimum atomic E-state index is -3.65. The summed E-state index contributed by atoms with van der Waals surface area (Å²) in [5, 5.41) is 5.07. The second-order valence-electron chi connectivity index (χ2n) is 4.40. The van der Waals surface area contributed by atoms with Gasteiger partial charge in [0.1, 0.15) is 11.9 Å². The van der Waals surface area contributed by atoms with E-state index in [9.17, 15) is 8.42 Å². The first-order chi connectivity index (χ1) is 8.47. The third-order valence-electron chi connectivity index (χ3n) is 2.94. The fourth-order valence-corrected chi connectivity index (χ4v) is 2.50. The molecule has 0 spiro atoms. The molecule has 0 unspecified atom stereocenters. The van der Waals surface area contributed by atoms with Crippen molar-refractivity contribution in [3.63, 3.8) is 0 Å². The Kier molecular flexibility index (Phi) is 3.89. The van der Waals surface area contributed by atoms with Crippen molar-refractivity contribution in [3.8, 4) is 5.75 Å². The highest BCUT2D eigenvalue weighted by molar-refractivity contribution is 7.89. The van der Waals surface area contributed by atoms with Crippen LogP contribution in [0.4, 0.5) is 0 Å². The van der Waals surface area contributed by atoms with E-state index in [1.165, 1.54) is 12.1 Å². The molecule has 18 heavy (non-hydrogen) atoms. The van der Waals surface area contributed by atoms with E-state index in [1.807, 2.05) is 6.92 Å². The second kappa shape index (κ2) is 5.26. The summed E-state index contributed by atoms with van der Waals surface area (Å²) in [7, 11) is -3.65. The Bertz CT molecular complexity index is 521. The molecule has 1 aliphatic rings. The predicted molar refractivity (Wildman–Crippen MR) is 67.0 cm³/mol.